The highest BCUT2D eigenvalue weighted by molar-refractivity contribution is 7.22. The van der Waals surface area contributed by atoms with Crippen molar-refractivity contribution in [2.75, 3.05) is 25.0 Å². The molecule has 0 atom stereocenters. The predicted octanol–water partition coefficient (Wildman–Crippen LogP) is 3.09. The molecule has 0 fully saturated rings. The van der Waals surface area contributed by atoms with Crippen LogP contribution in [0.4, 0.5) is 5.13 Å². The van der Waals surface area contributed by atoms with Crippen molar-refractivity contribution in [3.63, 3.8) is 0 Å². The fraction of sp³-hybridized carbons (Fsp3) is 0.222. The molecule has 1 aromatic heterocycles. The largest absolute Gasteiger partial charge is 0.354 e. The Hall–Kier alpha value is -2.40. The molecule has 1 N–H and O–H groups in total. The molecule has 0 spiro atoms. The number of anilines is 1. The summed E-state index contributed by atoms with van der Waals surface area (Å²) >= 11 is 1.60. The number of aromatic nitrogens is 1. The zero-order valence-corrected chi connectivity index (χ0v) is 13.8. The van der Waals surface area contributed by atoms with Gasteiger partial charge in [0.25, 0.3) is 0 Å². The first kappa shape index (κ1) is 15.5. The van der Waals surface area contributed by atoms with Crippen molar-refractivity contribution in [3.05, 3.63) is 60.2 Å². The molecule has 3 rings (SSSR count). The average Bonchev–Trinajstić information content (AvgIpc) is 3.00. The normalized spacial score (nSPS) is 10.7. The second kappa shape index (κ2) is 7.24. The van der Waals surface area contributed by atoms with Gasteiger partial charge >= 0.3 is 0 Å². The van der Waals surface area contributed by atoms with Crippen LogP contribution in [0.5, 0.6) is 0 Å². The quantitative estimate of drug-likeness (QED) is 0.757. The van der Waals surface area contributed by atoms with E-state index in [1.807, 2.05) is 54.4 Å². The van der Waals surface area contributed by atoms with E-state index in [0.29, 0.717) is 13.1 Å². The molecule has 1 amide bonds. The van der Waals surface area contributed by atoms with E-state index in [1.54, 1.807) is 11.3 Å². The van der Waals surface area contributed by atoms with E-state index < -0.39 is 0 Å². The number of carbonyl (C=O) groups is 1. The van der Waals surface area contributed by atoms with Crippen LogP contribution in [0, 0.1) is 0 Å². The van der Waals surface area contributed by atoms with E-state index in [0.717, 1.165) is 21.8 Å². The van der Waals surface area contributed by atoms with E-state index in [9.17, 15) is 4.79 Å². The molecule has 3 aromatic rings. The Morgan fingerprint density at radius 2 is 1.87 bits per heavy atom. The van der Waals surface area contributed by atoms with Gasteiger partial charge in [-0.25, -0.2) is 4.98 Å². The molecule has 0 aliphatic carbocycles. The van der Waals surface area contributed by atoms with Gasteiger partial charge < -0.3 is 10.2 Å². The van der Waals surface area contributed by atoms with Crippen molar-refractivity contribution in [1.82, 2.24) is 10.3 Å². The van der Waals surface area contributed by atoms with Crippen molar-refractivity contribution < 1.29 is 4.79 Å². The molecular formula is C18H19N3OS. The number of rotatable bonds is 6. The Kier molecular flexibility index (Phi) is 4.88. The minimum atomic E-state index is 0.0164. The van der Waals surface area contributed by atoms with Crippen LogP contribution >= 0.6 is 11.3 Å². The molecule has 23 heavy (non-hydrogen) atoms. The molecule has 1 heterocycles. The van der Waals surface area contributed by atoms with E-state index >= 15 is 0 Å². The maximum absolute atomic E-state index is 12.1. The summed E-state index contributed by atoms with van der Waals surface area (Å²) in [4.78, 5) is 18.5. The lowest BCUT2D eigenvalue weighted by Crippen LogP contribution is -2.36. The number of amides is 1. The lowest BCUT2D eigenvalue weighted by atomic mass is 10.1. The lowest BCUT2D eigenvalue weighted by Gasteiger charge is -2.15. The molecule has 0 radical (unpaired) electrons. The Balaban J connectivity index is 1.51. The monoisotopic (exact) mass is 325 g/mol. The SMILES string of the molecule is CN(CC(=O)NCCc1ccccc1)c1nc2ccccc2s1. The predicted molar refractivity (Wildman–Crippen MR) is 96.0 cm³/mol. The molecular weight excluding hydrogens is 306 g/mol. The molecule has 2 aromatic carbocycles. The standard InChI is InChI=1S/C18H19N3OS/c1-21(18-20-15-9-5-6-10-16(15)23-18)13-17(22)19-12-11-14-7-3-2-4-8-14/h2-10H,11-13H2,1H3,(H,19,22). The molecule has 0 aliphatic rings. The van der Waals surface area contributed by atoms with Crippen LogP contribution in [0.25, 0.3) is 10.2 Å². The Bertz CT molecular complexity index is 752. The number of nitrogens with one attached hydrogen (secondary N) is 1. The molecule has 0 aliphatic heterocycles. The third kappa shape index (κ3) is 4.07. The highest BCUT2D eigenvalue weighted by atomic mass is 32.1. The van der Waals surface area contributed by atoms with Crippen LogP contribution < -0.4 is 10.2 Å². The van der Waals surface area contributed by atoms with E-state index in [1.165, 1.54) is 5.56 Å². The number of hydrogen-bond donors (Lipinski definition) is 1. The highest BCUT2D eigenvalue weighted by Gasteiger charge is 2.11. The summed E-state index contributed by atoms with van der Waals surface area (Å²) in [5.74, 6) is 0.0164. The first-order chi connectivity index (χ1) is 11.2. The summed E-state index contributed by atoms with van der Waals surface area (Å²) in [6, 6.07) is 18.2. The van der Waals surface area contributed by atoms with Crippen molar-refractivity contribution in [2.24, 2.45) is 0 Å². The Morgan fingerprint density at radius 1 is 1.13 bits per heavy atom. The summed E-state index contributed by atoms with van der Waals surface area (Å²) in [6.07, 6.45) is 0.845. The van der Waals surface area contributed by atoms with Crippen molar-refractivity contribution in [2.45, 2.75) is 6.42 Å². The van der Waals surface area contributed by atoms with Gasteiger partial charge in [-0.05, 0) is 24.1 Å². The zero-order chi connectivity index (χ0) is 16.1. The van der Waals surface area contributed by atoms with E-state index in [-0.39, 0.29) is 5.91 Å². The summed E-state index contributed by atoms with van der Waals surface area (Å²) in [5, 5.41) is 3.83. The maximum atomic E-state index is 12.1. The second-order valence-corrected chi connectivity index (χ2v) is 6.41. The van der Waals surface area contributed by atoms with E-state index in [4.69, 9.17) is 0 Å². The topological polar surface area (TPSA) is 45.2 Å². The minimum absolute atomic E-state index is 0.0164. The summed E-state index contributed by atoms with van der Waals surface area (Å²) in [7, 11) is 1.90. The third-order valence-corrected chi connectivity index (χ3v) is 4.72. The first-order valence-corrected chi connectivity index (χ1v) is 8.41. The van der Waals surface area contributed by atoms with E-state index in [2.05, 4.69) is 22.4 Å². The molecule has 4 nitrogen and oxygen atoms in total. The second-order valence-electron chi connectivity index (χ2n) is 5.41. The van der Waals surface area contributed by atoms with Gasteiger partial charge in [-0.2, -0.15) is 0 Å². The zero-order valence-electron chi connectivity index (χ0n) is 13.0. The van der Waals surface area contributed by atoms with Crippen molar-refractivity contribution in [1.29, 1.82) is 0 Å². The number of hydrogen-bond acceptors (Lipinski definition) is 4. The number of fused-ring (bicyclic) bond motifs is 1. The molecule has 118 valence electrons. The molecule has 5 heteroatoms. The fourth-order valence-corrected chi connectivity index (χ4v) is 3.28. The van der Waals surface area contributed by atoms with Gasteiger partial charge in [0.05, 0.1) is 16.8 Å². The number of para-hydroxylation sites is 1. The van der Waals surface area contributed by atoms with Gasteiger partial charge in [0.15, 0.2) is 5.13 Å². The number of benzene rings is 2. The van der Waals surface area contributed by atoms with Crippen LogP contribution in [-0.2, 0) is 11.2 Å². The summed E-state index contributed by atoms with van der Waals surface area (Å²) < 4.78 is 1.14. The number of nitrogens with zero attached hydrogens (tertiary/aromatic N) is 2. The van der Waals surface area contributed by atoms with Crippen LogP contribution in [0.3, 0.4) is 0 Å². The molecule has 0 saturated heterocycles. The molecule has 0 bridgehead atoms. The van der Waals surface area contributed by atoms with Gasteiger partial charge in [-0.1, -0.05) is 53.8 Å². The van der Waals surface area contributed by atoms with Gasteiger partial charge in [0.2, 0.25) is 5.91 Å². The number of thiazole rings is 1. The van der Waals surface area contributed by atoms with Crippen LogP contribution in [0.1, 0.15) is 5.56 Å². The lowest BCUT2D eigenvalue weighted by molar-refractivity contribution is -0.119. The summed E-state index contributed by atoms with van der Waals surface area (Å²) in [6.45, 7) is 0.963. The van der Waals surface area contributed by atoms with Gasteiger partial charge in [-0.15, -0.1) is 0 Å². The van der Waals surface area contributed by atoms with Crippen molar-refractivity contribution >= 4 is 32.6 Å². The minimum Gasteiger partial charge on any atom is -0.354 e. The van der Waals surface area contributed by atoms with Gasteiger partial charge in [-0.3, -0.25) is 4.79 Å². The maximum Gasteiger partial charge on any atom is 0.239 e. The first-order valence-electron chi connectivity index (χ1n) is 7.60. The molecule has 0 saturated carbocycles. The van der Waals surface area contributed by atoms with Crippen molar-refractivity contribution in [3.8, 4) is 0 Å². The molecule has 0 unspecified atom stereocenters. The fourth-order valence-electron chi connectivity index (χ4n) is 2.35. The summed E-state index contributed by atoms with van der Waals surface area (Å²) in [5.41, 5.74) is 2.20. The Morgan fingerprint density at radius 3 is 2.65 bits per heavy atom. The highest BCUT2D eigenvalue weighted by Crippen LogP contribution is 2.27. The van der Waals surface area contributed by atoms with Crippen LogP contribution in [0.15, 0.2) is 54.6 Å². The number of likely N-dealkylation sites (N-methyl/N-ethyl adjacent to an activating group) is 1. The van der Waals surface area contributed by atoms with Crippen LogP contribution in [0.2, 0.25) is 0 Å². The van der Waals surface area contributed by atoms with Gasteiger partial charge in [0.1, 0.15) is 0 Å². The average molecular weight is 325 g/mol. The Labute approximate surface area is 139 Å². The van der Waals surface area contributed by atoms with Gasteiger partial charge in [0, 0.05) is 13.6 Å². The number of carbonyl (C=O) groups excluding carboxylic acids is 1. The smallest absolute Gasteiger partial charge is 0.239 e. The van der Waals surface area contributed by atoms with Crippen LogP contribution in [-0.4, -0.2) is 31.0 Å². The third-order valence-electron chi connectivity index (χ3n) is 3.57.